The van der Waals surface area contributed by atoms with Crippen molar-refractivity contribution >= 4 is 23.4 Å². The second-order valence-corrected chi connectivity index (χ2v) is 6.46. The van der Waals surface area contributed by atoms with Crippen LogP contribution in [0.4, 0.5) is 4.39 Å². The van der Waals surface area contributed by atoms with Gasteiger partial charge in [0.2, 0.25) is 0 Å². The highest BCUT2D eigenvalue weighted by Gasteiger charge is 2.21. The Kier molecular flexibility index (Phi) is 4.29. The topological polar surface area (TPSA) is 12.0 Å². The van der Waals surface area contributed by atoms with E-state index in [0.29, 0.717) is 22.5 Å². The molecule has 4 heteroatoms. The lowest BCUT2D eigenvalue weighted by molar-refractivity contribution is 0.589. The molecule has 20 heavy (non-hydrogen) atoms. The van der Waals surface area contributed by atoms with Crippen LogP contribution in [0.5, 0.6) is 0 Å². The lowest BCUT2D eigenvalue weighted by atomic mass is 10.2. The molecule has 1 fully saturated rings. The van der Waals surface area contributed by atoms with Gasteiger partial charge in [-0.3, -0.25) is 0 Å². The molecule has 0 radical (unpaired) electrons. The maximum Gasteiger partial charge on any atom is 0.137 e. The number of nitrogens with one attached hydrogen (secondary N) is 1. The fourth-order valence-corrected chi connectivity index (χ4v) is 3.26. The highest BCUT2D eigenvalue weighted by Crippen LogP contribution is 2.34. The van der Waals surface area contributed by atoms with Gasteiger partial charge < -0.3 is 5.32 Å². The first-order valence-corrected chi connectivity index (χ1v) is 7.86. The SMILES string of the molecule is Fc1cccc(CNC2CC2)c1Sc1cccc(Cl)c1. The smallest absolute Gasteiger partial charge is 0.137 e. The van der Waals surface area contributed by atoms with Crippen LogP contribution in [-0.2, 0) is 6.54 Å². The van der Waals surface area contributed by atoms with E-state index in [2.05, 4.69) is 5.32 Å². The van der Waals surface area contributed by atoms with Gasteiger partial charge in [-0.2, -0.15) is 0 Å². The Morgan fingerprint density at radius 2 is 2.00 bits per heavy atom. The van der Waals surface area contributed by atoms with E-state index in [0.717, 1.165) is 10.5 Å². The van der Waals surface area contributed by atoms with Crippen molar-refractivity contribution in [2.45, 2.75) is 35.2 Å². The monoisotopic (exact) mass is 307 g/mol. The summed E-state index contributed by atoms with van der Waals surface area (Å²) in [6, 6.07) is 13.4. The lowest BCUT2D eigenvalue weighted by Crippen LogP contribution is -2.16. The number of benzene rings is 2. The van der Waals surface area contributed by atoms with Crippen LogP contribution in [0.3, 0.4) is 0 Å². The summed E-state index contributed by atoms with van der Waals surface area (Å²) in [4.78, 5) is 1.64. The molecule has 0 atom stereocenters. The molecule has 0 spiro atoms. The molecule has 1 aliphatic carbocycles. The molecule has 0 saturated heterocycles. The van der Waals surface area contributed by atoms with Crippen LogP contribution < -0.4 is 5.32 Å². The number of halogens is 2. The molecular weight excluding hydrogens is 293 g/mol. The van der Waals surface area contributed by atoms with E-state index in [1.54, 1.807) is 6.07 Å². The molecule has 1 N–H and O–H groups in total. The Labute approximate surface area is 127 Å². The summed E-state index contributed by atoms with van der Waals surface area (Å²) in [7, 11) is 0. The van der Waals surface area contributed by atoms with Gasteiger partial charge in [-0.1, -0.05) is 41.6 Å². The van der Waals surface area contributed by atoms with Crippen molar-refractivity contribution < 1.29 is 4.39 Å². The minimum absolute atomic E-state index is 0.176. The highest BCUT2D eigenvalue weighted by atomic mass is 35.5. The molecule has 0 amide bonds. The van der Waals surface area contributed by atoms with E-state index >= 15 is 0 Å². The van der Waals surface area contributed by atoms with E-state index in [-0.39, 0.29) is 5.82 Å². The van der Waals surface area contributed by atoms with Gasteiger partial charge in [0.1, 0.15) is 5.82 Å². The molecule has 0 bridgehead atoms. The summed E-state index contributed by atoms with van der Waals surface area (Å²) < 4.78 is 14.1. The van der Waals surface area contributed by atoms with E-state index in [9.17, 15) is 4.39 Å². The first-order chi connectivity index (χ1) is 9.72. The summed E-state index contributed by atoms with van der Waals surface area (Å²) in [5.74, 6) is -0.176. The van der Waals surface area contributed by atoms with Crippen molar-refractivity contribution in [3.05, 3.63) is 58.9 Å². The second kappa shape index (κ2) is 6.17. The minimum atomic E-state index is -0.176. The Morgan fingerprint density at radius 3 is 2.75 bits per heavy atom. The lowest BCUT2D eigenvalue weighted by Gasteiger charge is -2.11. The predicted molar refractivity (Wildman–Crippen MR) is 81.8 cm³/mol. The summed E-state index contributed by atoms with van der Waals surface area (Å²) in [5.41, 5.74) is 1.00. The Bertz CT molecular complexity index is 613. The van der Waals surface area contributed by atoms with Crippen LogP contribution >= 0.6 is 23.4 Å². The summed E-state index contributed by atoms with van der Waals surface area (Å²) in [6.07, 6.45) is 2.46. The number of rotatable bonds is 5. The van der Waals surface area contributed by atoms with E-state index < -0.39 is 0 Å². The van der Waals surface area contributed by atoms with Crippen molar-refractivity contribution in [2.75, 3.05) is 0 Å². The van der Waals surface area contributed by atoms with Gasteiger partial charge in [-0.05, 0) is 42.7 Å². The van der Waals surface area contributed by atoms with Crippen LogP contribution in [0, 0.1) is 5.82 Å². The van der Waals surface area contributed by atoms with Gasteiger partial charge in [-0.25, -0.2) is 4.39 Å². The fraction of sp³-hybridized carbons (Fsp3) is 0.250. The third kappa shape index (κ3) is 3.54. The van der Waals surface area contributed by atoms with E-state index in [4.69, 9.17) is 11.6 Å². The molecule has 104 valence electrons. The molecule has 1 nitrogen and oxygen atoms in total. The van der Waals surface area contributed by atoms with Crippen molar-refractivity contribution in [1.82, 2.24) is 5.32 Å². The van der Waals surface area contributed by atoms with Gasteiger partial charge in [0.15, 0.2) is 0 Å². The van der Waals surface area contributed by atoms with Crippen LogP contribution in [0.2, 0.25) is 5.02 Å². The summed E-state index contributed by atoms with van der Waals surface area (Å²) in [6.45, 7) is 0.714. The Morgan fingerprint density at radius 1 is 1.20 bits per heavy atom. The zero-order valence-electron chi connectivity index (χ0n) is 10.9. The van der Waals surface area contributed by atoms with E-state index in [1.807, 2.05) is 30.3 Å². The first-order valence-electron chi connectivity index (χ1n) is 6.66. The molecular formula is C16H15ClFNS. The molecule has 0 unspecified atom stereocenters. The third-order valence-electron chi connectivity index (χ3n) is 3.22. The second-order valence-electron chi connectivity index (χ2n) is 4.94. The summed E-state index contributed by atoms with van der Waals surface area (Å²) >= 11 is 7.41. The molecule has 0 aromatic heterocycles. The minimum Gasteiger partial charge on any atom is -0.310 e. The highest BCUT2D eigenvalue weighted by molar-refractivity contribution is 7.99. The molecule has 0 heterocycles. The van der Waals surface area contributed by atoms with Crippen molar-refractivity contribution in [2.24, 2.45) is 0 Å². The standard InChI is InChI=1S/C16H15ClFNS/c17-12-4-2-5-14(9-12)20-16-11(3-1-6-15(16)18)10-19-13-7-8-13/h1-6,9,13,19H,7-8,10H2. The van der Waals surface area contributed by atoms with Gasteiger partial charge in [0.05, 0.1) is 4.90 Å². The Hall–Kier alpha value is -1.03. The predicted octanol–water partition coefficient (Wildman–Crippen LogP) is 4.88. The zero-order valence-corrected chi connectivity index (χ0v) is 12.5. The van der Waals surface area contributed by atoms with Crippen LogP contribution in [0.25, 0.3) is 0 Å². The van der Waals surface area contributed by atoms with E-state index in [1.165, 1.54) is 30.7 Å². The van der Waals surface area contributed by atoms with Crippen molar-refractivity contribution in [3.8, 4) is 0 Å². The first kappa shape index (κ1) is 13.9. The van der Waals surface area contributed by atoms with Gasteiger partial charge in [0.25, 0.3) is 0 Å². The van der Waals surface area contributed by atoms with Crippen molar-refractivity contribution in [1.29, 1.82) is 0 Å². The third-order valence-corrected chi connectivity index (χ3v) is 4.61. The maximum absolute atomic E-state index is 14.1. The average Bonchev–Trinajstić information content (AvgIpc) is 3.24. The number of hydrogen-bond donors (Lipinski definition) is 1. The normalized spacial score (nSPS) is 14.5. The molecule has 2 aromatic carbocycles. The summed E-state index contributed by atoms with van der Waals surface area (Å²) in [5, 5.41) is 4.10. The van der Waals surface area contributed by atoms with Crippen LogP contribution in [0.1, 0.15) is 18.4 Å². The zero-order chi connectivity index (χ0) is 13.9. The molecule has 1 saturated carbocycles. The van der Waals surface area contributed by atoms with Crippen LogP contribution in [0.15, 0.2) is 52.3 Å². The average molecular weight is 308 g/mol. The van der Waals surface area contributed by atoms with Gasteiger partial charge in [-0.15, -0.1) is 0 Å². The molecule has 2 aromatic rings. The quantitative estimate of drug-likeness (QED) is 0.844. The Balaban J connectivity index is 1.82. The van der Waals surface area contributed by atoms with Crippen molar-refractivity contribution in [3.63, 3.8) is 0 Å². The maximum atomic E-state index is 14.1. The molecule has 3 rings (SSSR count). The van der Waals surface area contributed by atoms with Crippen LogP contribution in [-0.4, -0.2) is 6.04 Å². The van der Waals surface area contributed by atoms with Gasteiger partial charge >= 0.3 is 0 Å². The van der Waals surface area contributed by atoms with Gasteiger partial charge in [0, 0.05) is 22.5 Å². The fourth-order valence-electron chi connectivity index (χ4n) is 2.00. The molecule has 1 aliphatic rings. The largest absolute Gasteiger partial charge is 0.310 e. The molecule has 0 aliphatic heterocycles. The number of hydrogen-bond acceptors (Lipinski definition) is 2.